The maximum absolute atomic E-state index is 12.8. The van der Waals surface area contributed by atoms with Crippen molar-refractivity contribution in [3.05, 3.63) is 0 Å². The quantitative estimate of drug-likeness (QED) is 0.773. The van der Waals surface area contributed by atoms with Crippen molar-refractivity contribution >= 4 is 11.7 Å². The first kappa shape index (κ1) is 17.2. The van der Waals surface area contributed by atoms with Gasteiger partial charge in [0.2, 0.25) is 5.91 Å². The van der Waals surface area contributed by atoms with Crippen LogP contribution in [0.1, 0.15) is 72.6 Å². The van der Waals surface area contributed by atoms with E-state index in [2.05, 4.69) is 0 Å². The number of nitrogens with two attached hydrogens (primary N) is 1. The lowest BCUT2D eigenvalue weighted by atomic mass is 9.71. The summed E-state index contributed by atoms with van der Waals surface area (Å²) in [5.41, 5.74) is 5.19. The molecule has 0 unspecified atom stereocenters. The molecular weight excluding hydrogens is 250 g/mol. The smallest absolute Gasteiger partial charge is 0.221 e. The summed E-state index contributed by atoms with van der Waals surface area (Å²) < 4.78 is 0. The molecule has 1 amide bonds. The first-order chi connectivity index (χ1) is 9.27. The second kappa shape index (κ2) is 7.24. The third-order valence-corrected chi connectivity index (χ3v) is 4.59. The van der Waals surface area contributed by atoms with E-state index < -0.39 is 5.41 Å². The van der Waals surface area contributed by atoms with Gasteiger partial charge >= 0.3 is 0 Å². The molecule has 3 nitrogen and oxygen atoms in total. The normalized spacial score (nSPS) is 19.8. The van der Waals surface area contributed by atoms with Crippen molar-refractivity contribution < 1.29 is 9.59 Å². The highest BCUT2D eigenvalue weighted by Crippen LogP contribution is 2.37. The summed E-state index contributed by atoms with van der Waals surface area (Å²) >= 11 is 0. The van der Waals surface area contributed by atoms with Gasteiger partial charge < -0.3 is 5.73 Å². The van der Waals surface area contributed by atoms with E-state index in [0.717, 1.165) is 19.3 Å². The SMILES string of the molecule is CCC[C@H](C(N)=O)[C@@H](CC1CCCC1)C(=O)C(C)(C)C. The van der Waals surface area contributed by atoms with Crippen molar-refractivity contribution in [2.45, 2.75) is 72.6 Å². The number of rotatable bonds is 7. The Kier molecular flexibility index (Phi) is 6.22. The summed E-state index contributed by atoms with van der Waals surface area (Å²) in [6.45, 7) is 7.88. The fourth-order valence-electron chi connectivity index (χ4n) is 3.47. The molecule has 0 heterocycles. The molecule has 0 aromatic carbocycles. The highest BCUT2D eigenvalue weighted by molar-refractivity contribution is 5.91. The molecule has 2 atom stereocenters. The minimum atomic E-state index is -0.398. The molecule has 20 heavy (non-hydrogen) atoms. The Morgan fingerprint density at radius 2 is 1.70 bits per heavy atom. The van der Waals surface area contributed by atoms with Crippen molar-refractivity contribution in [2.75, 3.05) is 0 Å². The van der Waals surface area contributed by atoms with Gasteiger partial charge in [-0.3, -0.25) is 9.59 Å². The van der Waals surface area contributed by atoms with Crippen LogP contribution in [0.25, 0.3) is 0 Å². The molecule has 1 fully saturated rings. The zero-order chi connectivity index (χ0) is 15.3. The van der Waals surface area contributed by atoms with Gasteiger partial charge in [0, 0.05) is 17.3 Å². The van der Waals surface area contributed by atoms with E-state index >= 15 is 0 Å². The van der Waals surface area contributed by atoms with Gasteiger partial charge in [0.25, 0.3) is 0 Å². The van der Waals surface area contributed by atoms with Crippen molar-refractivity contribution in [1.82, 2.24) is 0 Å². The molecule has 1 rings (SSSR count). The summed E-state index contributed by atoms with van der Waals surface area (Å²) in [5.74, 6) is 0.0435. The summed E-state index contributed by atoms with van der Waals surface area (Å²) in [5, 5.41) is 0. The Morgan fingerprint density at radius 1 is 1.15 bits per heavy atom. The summed E-state index contributed by atoms with van der Waals surface area (Å²) in [4.78, 5) is 24.6. The van der Waals surface area contributed by atoms with E-state index in [-0.39, 0.29) is 23.5 Å². The predicted octanol–water partition coefficient (Wildman–Crippen LogP) is 3.70. The number of Topliss-reactive ketones (excluding diaryl/α,β-unsaturated/α-hetero) is 1. The summed E-state index contributed by atoms with van der Waals surface area (Å²) in [7, 11) is 0. The third kappa shape index (κ3) is 4.60. The van der Waals surface area contributed by atoms with E-state index in [4.69, 9.17) is 5.73 Å². The van der Waals surface area contributed by atoms with Gasteiger partial charge in [-0.15, -0.1) is 0 Å². The van der Waals surface area contributed by atoms with Crippen LogP contribution in [0.4, 0.5) is 0 Å². The Labute approximate surface area is 123 Å². The highest BCUT2D eigenvalue weighted by Gasteiger charge is 2.38. The maximum Gasteiger partial charge on any atom is 0.221 e. The maximum atomic E-state index is 12.8. The van der Waals surface area contributed by atoms with Crippen LogP contribution in [0.3, 0.4) is 0 Å². The lowest BCUT2D eigenvalue weighted by Gasteiger charge is -2.31. The lowest BCUT2D eigenvalue weighted by molar-refractivity contribution is -0.138. The second-order valence-electron chi connectivity index (χ2n) is 7.40. The monoisotopic (exact) mass is 281 g/mol. The topological polar surface area (TPSA) is 60.2 Å². The van der Waals surface area contributed by atoms with Crippen molar-refractivity contribution in [3.63, 3.8) is 0 Å². The van der Waals surface area contributed by atoms with Crippen LogP contribution in [0, 0.1) is 23.2 Å². The lowest BCUT2D eigenvalue weighted by Crippen LogP contribution is -2.40. The van der Waals surface area contributed by atoms with Gasteiger partial charge in [0.05, 0.1) is 0 Å². The Hall–Kier alpha value is -0.860. The Bertz CT molecular complexity index is 337. The number of hydrogen-bond acceptors (Lipinski definition) is 2. The number of amides is 1. The molecule has 1 aliphatic carbocycles. The van der Waals surface area contributed by atoms with Gasteiger partial charge in [-0.05, 0) is 18.8 Å². The molecule has 0 spiro atoms. The molecule has 2 N–H and O–H groups in total. The summed E-state index contributed by atoms with van der Waals surface area (Å²) in [6, 6.07) is 0. The molecule has 3 heteroatoms. The van der Waals surface area contributed by atoms with Gasteiger partial charge in [-0.1, -0.05) is 59.8 Å². The van der Waals surface area contributed by atoms with Crippen LogP contribution in [-0.4, -0.2) is 11.7 Å². The van der Waals surface area contributed by atoms with Crippen LogP contribution in [0.5, 0.6) is 0 Å². The van der Waals surface area contributed by atoms with Crippen molar-refractivity contribution in [2.24, 2.45) is 28.9 Å². The van der Waals surface area contributed by atoms with Gasteiger partial charge in [-0.25, -0.2) is 0 Å². The van der Waals surface area contributed by atoms with Crippen molar-refractivity contribution in [3.8, 4) is 0 Å². The minimum Gasteiger partial charge on any atom is -0.369 e. The predicted molar refractivity (Wildman–Crippen MR) is 82.1 cm³/mol. The molecule has 0 bridgehead atoms. The number of primary amides is 1. The highest BCUT2D eigenvalue weighted by atomic mass is 16.1. The average molecular weight is 281 g/mol. The molecule has 0 aliphatic heterocycles. The first-order valence-corrected chi connectivity index (χ1v) is 8.11. The van der Waals surface area contributed by atoms with E-state index in [1.54, 1.807) is 0 Å². The standard InChI is InChI=1S/C17H31NO2/c1-5-8-13(16(18)20)14(15(19)17(2,3)4)11-12-9-6-7-10-12/h12-14H,5-11H2,1-4H3,(H2,18,20)/t13-,14+/m0/s1. The van der Waals surface area contributed by atoms with Crippen LogP contribution in [0.15, 0.2) is 0 Å². The number of carbonyl (C=O) groups is 2. The van der Waals surface area contributed by atoms with Gasteiger partial charge in [-0.2, -0.15) is 0 Å². The second-order valence-corrected chi connectivity index (χ2v) is 7.40. The molecule has 0 saturated heterocycles. The molecule has 116 valence electrons. The van der Waals surface area contributed by atoms with E-state index in [9.17, 15) is 9.59 Å². The third-order valence-electron chi connectivity index (χ3n) is 4.59. The molecular formula is C17H31NO2. The number of carbonyl (C=O) groups excluding carboxylic acids is 2. The fourth-order valence-corrected chi connectivity index (χ4v) is 3.47. The zero-order valence-corrected chi connectivity index (χ0v) is 13.6. The minimum absolute atomic E-state index is 0.185. The van der Waals surface area contributed by atoms with E-state index in [1.807, 2.05) is 27.7 Å². The van der Waals surface area contributed by atoms with Gasteiger partial charge in [0.15, 0.2) is 0 Å². The molecule has 1 saturated carbocycles. The fraction of sp³-hybridized carbons (Fsp3) is 0.882. The first-order valence-electron chi connectivity index (χ1n) is 8.11. The molecule has 0 aromatic rings. The van der Waals surface area contributed by atoms with Crippen molar-refractivity contribution in [1.29, 1.82) is 0 Å². The molecule has 0 radical (unpaired) electrons. The summed E-state index contributed by atoms with van der Waals surface area (Å²) in [6.07, 6.45) is 7.40. The molecule has 0 aromatic heterocycles. The van der Waals surface area contributed by atoms with Crippen LogP contribution in [-0.2, 0) is 9.59 Å². The Morgan fingerprint density at radius 3 is 2.10 bits per heavy atom. The zero-order valence-electron chi connectivity index (χ0n) is 13.6. The number of ketones is 1. The number of hydrogen-bond donors (Lipinski definition) is 1. The largest absolute Gasteiger partial charge is 0.369 e. The van der Waals surface area contributed by atoms with Crippen LogP contribution >= 0.6 is 0 Å². The van der Waals surface area contributed by atoms with E-state index in [1.165, 1.54) is 25.7 Å². The Balaban J connectivity index is 2.91. The van der Waals surface area contributed by atoms with Crippen LogP contribution < -0.4 is 5.73 Å². The van der Waals surface area contributed by atoms with Crippen LogP contribution in [0.2, 0.25) is 0 Å². The molecule has 1 aliphatic rings. The van der Waals surface area contributed by atoms with Gasteiger partial charge in [0.1, 0.15) is 5.78 Å². The average Bonchev–Trinajstić information content (AvgIpc) is 2.84. The van der Waals surface area contributed by atoms with E-state index in [0.29, 0.717) is 5.92 Å².